The number of aliphatic carboxylic acids is 1. The number of nitrogens with one attached hydrogen (secondary N) is 1. The quantitative estimate of drug-likeness (QED) is 0.316. The second kappa shape index (κ2) is 10.5. The van der Waals surface area contributed by atoms with Crippen molar-refractivity contribution in [3.63, 3.8) is 0 Å². The Labute approximate surface area is 207 Å². The normalized spacial score (nSPS) is 11.5. The highest BCUT2D eigenvalue weighted by Gasteiger charge is 2.16. The molecule has 0 unspecified atom stereocenters. The Balaban J connectivity index is 1.42. The van der Waals surface area contributed by atoms with Crippen molar-refractivity contribution in [1.82, 2.24) is 34.7 Å². The minimum Gasteiger partial charge on any atom is -0.481 e. The molecule has 188 valence electrons. The SMILES string of the molecule is CC(C)(C)OC(=O)CCc1ccc(-n2nnc3cnc(Nc4cnn(CCCC(=O)O)c4)nc32)cc1. The summed E-state index contributed by atoms with van der Waals surface area (Å²) in [4.78, 5) is 31.5. The molecule has 0 bridgehead atoms. The van der Waals surface area contributed by atoms with Crippen molar-refractivity contribution in [2.45, 2.75) is 58.6 Å². The predicted molar refractivity (Wildman–Crippen MR) is 131 cm³/mol. The first-order valence-electron chi connectivity index (χ1n) is 11.6. The zero-order valence-corrected chi connectivity index (χ0v) is 20.4. The van der Waals surface area contributed by atoms with Crippen molar-refractivity contribution >= 4 is 34.7 Å². The van der Waals surface area contributed by atoms with E-state index in [9.17, 15) is 9.59 Å². The number of fused-ring (bicyclic) bond motifs is 1. The summed E-state index contributed by atoms with van der Waals surface area (Å²) >= 11 is 0. The maximum absolute atomic E-state index is 12.0. The van der Waals surface area contributed by atoms with Crippen LogP contribution in [0, 0.1) is 0 Å². The van der Waals surface area contributed by atoms with Gasteiger partial charge in [-0.1, -0.05) is 17.3 Å². The van der Waals surface area contributed by atoms with E-state index in [1.54, 1.807) is 28.0 Å². The molecule has 1 aromatic carbocycles. The average Bonchev–Trinajstić information content (AvgIpc) is 3.43. The maximum Gasteiger partial charge on any atom is 0.306 e. The lowest BCUT2D eigenvalue weighted by atomic mass is 10.1. The van der Waals surface area contributed by atoms with E-state index in [1.807, 2.05) is 45.0 Å². The Hall–Kier alpha value is -4.35. The van der Waals surface area contributed by atoms with Crippen molar-refractivity contribution in [2.24, 2.45) is 0 Å². The third-order valence-electron chi connectivity index (χ3n) is 5.08. The molecule has 0 aliphatic heterocycles. The second-order valence-electron chi connectivity index (χ2n) is 9.27. The molecule has 0 aliphatic rings. The number of anilines is 2. The minimum atomic E-state index is -0.831. The molecule has 0 amide bonds. The van der Waals surface area contributed by atoms with E-state index in [0.717, 1.165) is 11.3 Å². The molecule has 4 aromatic rings. The summed E-state index contributed by atoms with van der Waals surface area (Å²) in [6, 6.07) is 7.67. The Kier molecular flexibility index (Phi) is 7.23. The summed E-state index contributed by atoms with van der Waals surface area (Å²) in [6.45, 7) is 6.05. The van der Waals surface area contributed by atoms with Crippen LogP contribution in [-0.2, 0) is 27.3 Å². The van der Waals surface area contributed by atoms with E-state index in [1.165, 1.54) is 0 Å². The van der Waals surface area contributed by atoms with Gasteiger partial charge in [0, 0.05) is 25.6 Å². The van der Waals surface area contributed by atoms with Crippen molar-refractivity contribution < 1.29 is 19.4 Å². The topological polar surface area (TPSA) is 150 Å². The van der Waals surface area contributed by atoms with Crippen LogP contribution in [0.4, 0.5) is 11.6 Å². The van der Waals surface area contributed by atoms with Gasteiger partial charge >= 0.3 is 11.9 Å². The molecule has 0 spiro atoms. The minimum absolute atomic E-state index is 0.0874. The van der Waals surface area contributed by atoms with Gasteiger partial charge < -0.3 is 15.2 Å². The maximum atomic E-state index is 12.0. The Bertz CT molecular complexity index is 1350. The highest BCUT2D eigenvalue weighted by molar-refractivity contribution is 5.73. The van der Waals surface area contributed by atoms with Crippen LogP contribution in [0.5, 0.6) is 0 Å². The lowest BCUT2D eigenvalue weighted by Gasteiger charge is -2.19. The van der Waals surface area contributed by atoms with E-state index in [0.29, 0.717) is 48.6 Å². The summed E-state index contributed by atoms with van der Waals surface area (Å²) in [5.41, 5.74) is 3.04. The number of carbonyl (C=O) groups is 2. The first-order chi connectivity index (χ1) is 17.2. The number of benzene rings is 1. The van der Waals surface area contributed by atoms with Crippen LogP contribution < -0.4 is 5.32 Å². The Morgan fingerprint density at radius 1 is 1.11 bits per heavy atom. The fourth-order valence-electron chi connectivity index (χ4n) is 3.48. The second-order valence-corrected chi connectivity index (χ2v) is 9.27. The smallest absolute Gasteiger partial charge is 0.306 e. The highest BCUT2D eigenvalue weighted by atomic mass is 16.6. The van der Waals surface area contributed by atoms with E-state index in [-0.39, 0.29) is 12.4 Å². The number of hydrogen-bond donors (Lipinski definition) is 2. The van der Waals surface area contributed by atoms with Crippen LogP contribution in [0.25, 0.3) is 16.9 Å². The van der Waals surface area contributed by atoms with Gasteiger partial charge in [0.2, 0.25) is 5.95 Å². The largest absolute Gasteiger partial charge is 0.481 e. The van der Waals surface area contributed by atoms with Crippen molar-refractivity contribution in [2.75, 3.05) is 5.32 Å². The van der Waals surface area contributed by atoms with Crippen LogP contribution >= 0.6 is 0 Å². The Morgan fingerprint density at radius 3 is 2.61 bits per heavy atom. The van der Waals surface area contributed by atoms with Crippen LogP contribution in [0.15, 0.2) is 42.9 Å². The number of rotatable bonds is 10. The van der Waals surface area contributed by atoms with Gasteiger partial charge in [-0.25, -0.2) is 4.98 Å². The molecule has 0 atom stereocenters. The molecule has 3 aromatic heterocycles. The summed E-state index contributed by atoms with van der Waals surface area (Å²) in [5, 5.41) is 24.4. The van der Waals surface area contributed by atoms with Gasteiger partial charge in [0.25, 0.3) is 0 Å². The van der Waals surface area contributed by atoms with Gasteiger partial charge in [-0.05, 0) is 51.3 Å². The van der Waals surface area contributed by atoms with Gasteiger partial charge in [0.05, 0.1) is 23.8 Å². The van der Waals surface area contributed by atoms with Gasteiger partial charge in [0.1, 0.15) is 5.60 Å². The summed E-state index contributed by atoms with van der Waals surface area (Å²) in [5.74, 6) is -0.704. The first-order valence-corrected chi connectivity index (χ1v) is 11.6. The van der Waals surface area contributed by atoms with Gasteiger partial charge in [-0.15, -0.1) is 5.10 Å². The number of hydrogen-bond acceptors (Lipinski definition) is 9. The number of aryl methyl sites for hydroxylation is 2. The lowest BCUT2D eigenvalue weighted by molar-refractivity contribution is -0.154. The van der Waals surface area contributed by atoms with Crippen molar-refractivity contribution in [1.29, 1.82) is 0 Å². The number of esters is 1. The zero-order valence-electron chi connectivity index (χ0n) is 20.4. The van der Waals surface area contributed by atoms with Crippen molar-refractivity contribution in [3.8, 4) is 5.69 Å². The van der Waals surface area contributed by atoms with Crippen molar-refractivity contribution in [3.05, 3.63) is 48.4 Å². The third kappa shape index (κ3) is 6.62. The molecule has 2 N–H and O–H groups in total. The number of nitrogens with zero attached hydrogens (tertiary/aromatic N) is 7. The molecule has 0 saturated carbocycles. The summed E-state index contributed by atoms with van der Waals surface area (Å²) < 4.78 is 8.65. The number of aromatic nitrogens is 7. The number of ether oxygens (including phenoxy) is 1. The monoisotopic (exact) mass is 492 g/mol. The molecule has 3 heterocycles. The van der Waals surface area contributed by atoms with Crippen LogP contribution in [0.2, 0.25) is 0 Å². The first kappa shape index (κ1) is 24.8. The third-order valence-corrected chi connectivity index (χ3v) is 5.08. The van der Waals surface area contributed by atoms with E-state index >= 15 is 0 Å². The molecule has 12 nitrogen and oxygen atoms in total. The van der Waals surface area contributed by atoms with E-state index in [2.05, 4.69) is 30.7 Å². The van der Waals surface area contributed by atoms with Crippen LogP contribution in [-0.4, -0.2) is 57.4 Å². The molecule has 0 aliphatic carbocycles. The summed E-state index contributed by atoms with van der Waals surface area (Å²) in [6.07, 6.45) is 6.43. The number of carboxylic acids is 1. The molecular formula is C24H28N8O4. The number of carbonyl (C=O) groups excluding carboxylic acids is 1. The zero-order chi connectivity index (χ0) is 25.7. The fourth-order valence-corrected chi connectivity index (χ4v) is 3.48. The highest BCUT2D eigenvalue weighted by Crippen LogP contribution is 2.19. The fraction of sp³-hybridized carbons (Fsp3) is 0.375. The van der Waals surface area contributed by atoms with Crippen LogP contribution in [0.3, 0.4) is 0 Å². The van der Waals surface area contributed by atoms with E-state index < -0.39 is 11.6 Å². The van der Waals surface area contributed by atoms with Gasteiger partial charge in [-0.3, -0.25) is 14.3 Å². The van der Waals surface area contributed by atoms with Gasteiger partial charge in [-0.2, -0.15) is 14.8 Å². The number of carboxylic acid groups (broad SMARTS) is 1. The average molecular weight is 493 g/mol. The Morgan fingerprint density at radius 2 is 1.89 bits per heavy atom. The molecule has 12 heteroatoms. The molecular weight excluding hydrogens is 464 g/mol. The summed E-state index contributed by atoms with van der Waals surface area (Å²) in [7, 11) is 0. The molecule has 0 radical (unpaired) electrons. The molecule has 0 saturated heterocycles. The van der Waals surface area contributed by atoms with Crippen LogP contribution in [0.1, 0.15) is 45.6 Å². The molecule has 36 heavy (non-hydrogen) atoms. The van der Waals surface area contributed by atoms with E-state index in [4.69, 9.17) is 9.84 Å². The molecule has 0 fully saturated rings. The standard InChI is InChI=1S/C24H28N8O4/c1-24(2,3)36-21(35)11-8-16-6-9-18(10-7-16)32-22-19(29-30-32)14-25-23(28-22)27-17-13-26-31(15-17)12-4-5-20(33)34/h6-7,9-10,13-15H,4-5,8,11-12H2,1-3H3,(H,33,34)(H,25,27,28). The van der Waals surface area contributed by atoms with Gasteiger partial charge in [0.15, 0.2) is 11.2 Å². The lowest BCUT2D eigenvalue weighted by Crippen LogP contribution is -2.24. The molecule has 4 rings (SSSR count). The predicted octanol–water partition coefficient (Wildman–Crippen LogP) is 3.29.